The highest BCUT2D eigenvalue weighted by atomic mass is 32.2. The summed E-state index contributed by atoms with van der Waals surface area (Å²) in [4.78, 5) is 22.9. The molecule has 1 amide bonds. The summed E-state index contributed by atoms with van der Waals surface area (Å²) in [6.07, 6.45) is 11.5. The smallest absolute Gasteiger partial charge is 0.251 e. The largest absolute Gasteiger partial charge is 0.380 e. The lowest BCUT2D eigenvalue weighted by Gasteiger charge is -2.30. The van der Waals surface area contributed by atoms with Gasteiger partial charge in [-0.05, 0) is 51.2 Å². The molecule has 1 N–H and O–H groups in total. The van der Waals surface area contributed by atoms with Crippen molar-refractivity contribution in [3.8, 4) is 0 Å². The van der Waals surface area contributed by atoms with Crippen LogP contribution in [0.1, 0.15) is 44.6 Å². The van der Waals surface area contributed by atoms with Crippen molar-refractivity contribution in [3.63, 3.8) is 0 Å². The van der Waals surface area contributed by atoms with E-state index in [-0.39, 0.29) is 5.91 Å². The summed E-state index contributed by atoms with van der Waals surface area (Å²) >= 11 is 1.80. The van der Waals surface area contributed by atoms with E-state index in [2.05, 4.69) is 40.6 Å². The Labute approximate surface area is 189 Å². The first-order valence-electron chi connectivity index (χ1n) is 11.3. The second kappa shape index (κ2) is 10.8. The molecular formula is C25H31N3O2S. The number of allylic oxidation sites excluding steroid dienone is 3. The van der Waals surface area contributed by atoms with Crippen LogP contribution in [0.2, 0.25) is 0 Å². The second-order valence-corrected chi connectivity index (χ2v) is 9.02. The van der Waals surface area contributed by atoms with Crippen LogP contribution in [0.25, 0.3) is 0 Å². The minimum absolute atomic E-state index is 0.0776. The van der Waals surface area contributed by atoms with Gasteiger partial charge in [0.15, 0.2) is 0 Å². The number of piperidine rings is 1. The average Bonchev–Trinajstić information content (AvgIpc) is 2.94. The van der Waals surface area contributed by atoms with E-state index in [4.69, 9.17) is 9.73 Å². The second-order valence-electron chi connectivity index (χ2n) is 7.88. The van der Waals surface area contributed by atoms with Gasteiger partial charge in [-0.1, -0.05) is 42.1 Å². The zero-order valence-electron chi connectivity index (χ0n) is 18.2. The van der Waals surface area contributed by atoms with Crippen LogP contribution in [0.4, 0.5) is 0 Å². The van der Waals surface area contributed by atoms with E-state index in [0.29, 0.717) is 25.3 Å². The number of likely N-dealkylation sites (tertiary alicyclic amines) is 1. The molecule has 0 aromatic heterocycles. The molecule has 31 heavy (non-hydrogen) atoms. The van der Waals surface area contributed by atoms with Crippen molar-refractivity contribution < 1.29 is 9.53 Å². The molecule has 0 bridgehead atoms. The van der Waals surface area contributed by atoms with E-state index in [0.717, 1.165) is 37.5 Å². The molecule has 1 saturated heterocycles. The fourth-order valence-electron chi connectivity index (χ4n) is 4.05. The number of fused-ring (bicyclic) bond motifs is 1. The van der Waals surface area contributed by atoms with Crippen molar-refractivity contribution in [2.24, 2.45) is 4.99 Å². The van der Waals surface area contributed by atoms with E-state index in [1.807, 2.05) is 19.1 Å². The highest BCUT2D eigenvalue weighted by Gasteiger charge is 2.24. The Hall–Kier alpha value is -2.31. The maximum Gasteiger partial charge on any atom is 0.251 e. The van der Waals surface area contributed by atoms with Crippen molar-refractivity contribution in [1.29, 1.82) is 0 Å². The van der Waals surface area contributed by atoms with Crippen molar-refractivity contribution in [1.82, 2.24) is 10.2 Å². The predicted octanol–water partition coefficient (Wildman–Crippen LogP) is 4.67. The molecule has 164 valence electrons. The molecule has 2 heterocycles. The van der Waals surface area contributed by atoms with Crippen LogP contribution < -0.4 is 5.32 Å². The number of amidine groups is 1. The number of carbonyl (C=O) groups excluding carboxylic acids is 1. The molecule has 4 rings (SSSR count). The van der Waals surface area contributed by atoms with Crippen LogP contribution in [-0.4, -0.2) is 49.5 Å². The Morgan fingerprint density at radius 2 is 2.06 bits per heavy atom. The molecule has 1 aromatic rings. The monoisotopic (exact) mass is 437 g/mol. The van der Waals surface area contributed by atoms with E-state index < -0.39 is 0 Å². The summed E-state index contributed by atoms with van der Waals surface area (Å²) in [7, 11) is 0. The van der Waals surface area contributed by atoms with Crippen LogP contribution in [0.3, 0.4) is 0 Å². The number of hydrogen-bond donors (Lipinski definition) is 1. The summed E-state index contributed by atoms with van der Waals surface area (Å²) in [5.74, 6) is 0.968. The normalized spacial score (nSPS) is 21.5. The van der Waals surface area contributed by atoms with Crippen LogP contribution in [0, 0.1) is 0 Å². The Morgan fingerprint density at radius 3 is 2.90 bits per heavy atom. The van der Waals surface area contributed by atoms with E-state index in [1.54, 1.807) is 11.8 Å². The molecule has 3 aliphatic rings. The minimum atomic E-state index is -0.0776. The molecule has 1 fully saturated rings. The van der Waals surface area contributed by atoms with Gasteiger partial charge in [-0.3, -0.25) is 4.79 Å². The summed E-state index contributed by atoms with van der Waals surface area (Å²) in [5.41, 5.74) is 2.77. The molecule has 0 atom stereocenters. The highest BCUT2D eigenvalue weighted by molar-refractivity contribution is 8.03. The summed E-state index contributed by atoms with van der Waals surface area (Å²) in [5, 5.41) is 2.97. The number of carbonyl (C=O) groups is 1. The molecular weight excluding hydrogens is 406 g/mol. The van der Waals surface area contributed by atoms with Crippen molar-refractivity contribution in [3.05, 3.63) is 64.2 Å². The third-order valence-electron chi connectivity index (χ3n) is 5.65. The Kier molecular flexibility index (Phi) is 7.65. The number of rotatable bonds is 5. The van der Waals surface area contributed by atoms with E-state index >= 15 is 0 Å². The first kappa shape index (κ1) is 21.9. The zero-order chi connectivity index (χ0) is 21.5. The molecule has 0 radical (unpaired) electrons. The van der Waals surface area contributed by atoms with Gasteiger partial charge in [-0.2, -0.15) is 0 Å². The van der Waals surface area contributed by atoms with E-state index in [9.17, 15) is 4.79 Å². The number of ether oxygens (including phenoxy) is 1. The van der Waals surface area contributed by atoms with Crippen LogP contribution in [0.5, 0.6) is 0 Å². The topological polar surface area (TPSA) is 53.9 Å². The first-order chi connectivity index (χ1) is 15.3. The Balaban J connectivity index is 1.68. The minimum Gasteiger partial charge on any atom is -0.380 e. The quantitative estimate of drug-likeness (QED) is 0.681. The van der Waals surface area contributed by atoms with Crippen molar-refractivity contribution >= 4 is 23.5 Å². The predicted molar refractivity (Wildman–Crippen MR) is 127 cm³/mol. The molecule has 0 saturated carbocycles. The van der Waals surface area contributed by atoms with Crippen LogP contribution >= 0.6 is 11.8 Å². The van der Waals surface area contributed by atoms with E-state index in [1.165, 1.54) is 34.6 Å². The first-order valence-corrected chi connectivity index (χ1v) is 12.2. The number of aliphatic imine (C=N–C) groups is 1. The molecule has 0 spiro atoms. The molecule has 1 aliphatic carbocycles. The average molecular weight is 438 g/mol. The Bertz CT molecular complexity index is 926. The summed E-state index contributed by atoms with van der Waals surface area (Å²) < 4.78 is 5.34. The Morgan fingerprint density at radius 1 is 1.23 bits per heavy atom. The van der Waals surface area contributed by atoms with Gasteiger partial charge in [0.25, 0.3) is 5.91 Å². The number of nitrogens with one attached hydrogen (secondary N) is 1. The molecule has 6 heteroatoms. The number of hydrogen-bond acceptors (Lipinski definition) is 5. The van der Waals surface area contributed by atoms with Gasteiger partial charge in [0.1, 0.15) is 5.84 Å². The SMILES string of the molecule is CCOCCNC(=O)C1=C/C2=C(CC/C=C\1)Sc1ccccc1C(N1CCCCC1)=N2. The lowest BCUT2D eigenvalue weighted by atomic mass is 10.1. The number of amides is 1. The van der Waals surface area contributed by atoms with Gasteiger partial charge in [0, 0.05) is 47.2 Å². The lowest BCUT2D eigenvalue weighted by Crippen LogP contribution is -2.36. The molecule has 1 aromatic carbocycles. The number of benzene rings is 1. The van der Waals surface area contributed by atoms with Gasteiger partial charge >= 0.3 is 0 Å². The third-order valence-corrected chi connectivity index (χ3v) is 6.89. The van der Waals surface area contributed by atoms with Crippen molar-refractivity contribution in [2.75, 3.05) is 32.8 Å². The van der Waals surface area contributed by atoms with Gasteiger partial charge < -0.3 is 15.0 Å². The van der Waals surface area contributed by atoms with Gasteiger partial charge in [0.2, 0.25) is 0 Å². The number of nitrogens with zero attached hydrogens (tertiary/aromatic N) is 2. The maximum absolute atomic E-state index is 12.8. The van der Waals surface area contributed by atoms with Gasteiger partial charge in [-0.15, -0.1) is 0 Å². The van der Waals surface area contributed by atoms with Gasteiger partial charge in [0.05, 0.1) is 12.3 Å². The molecule has 2 aliphatic heterocycles. The van der Waals surface area contributed by atoms with Crippen molar-refractivity contribution in [2.45, 2.75) is 43.9 Å². The van der Waals surface area contributed by atoms with Crippen LogP contribution in [0.15, 0.2) is 68.6 Å². The fraction of sp³-hybridized carbons (Fsp3) is 0.440. The van der Waals surface area contributed by atoms with Crippen LogP contribution in [-0.2, 0) is 9.53 Å². The zero-order valence-corrected chi connectivity index (χ0v) is 19.0. The lowest BCUT2D eigenvalue weighted by molar-refractivity contribution is -0.117. The standard InChI is InChI=1S/C25H31N3O2S/c1-2-30-17-14-26-25(29)19-10-4-6-13-23-21(18-19)27-24(28-15-8-3-9-16-28)20-11-5-7-12-22(20)31-23/h4-5,7,10-12,18H,2-3,6,8-9,13-17H2,1H3,(H,26,29)/b10-4-,19-18+. The fourth-order valence-corrected chi connectivity index (χ4v) is 5.16. The third kappa shape index (κ3) is 5.49. The van der Waals surface area contributed by atoms with Gasteiger partial charge in [-0.25, -0.2) is 4.99 Å². The summed E-state index contributed by atoms with van der Waals surface area (Å²) in [6.45, 7) is 5.71. The molecule has 5 nitrogen and oxygen atoms in total. The maximum atomic E-state index is 12.8. The number of thioether (sulfide) groups is 1. The molecule has 0 unspecified atom stereocenters. The summed E-state index contributed by atoms with van der Waals surface area (Å²) in [6, 6.07) is 8.56. The highest BCUT2D eigenvalue weighted by Crippen LogP contribution is 2.40.